The van der Waals surface area contributed by atoms with Crippen molar-refractivity contribution in [2.75, 3.05) is 10.2 Å². The van der Waals surface area contributed by atoms with E-state index < -0.39 is 0 Å². The summed E-state index contributed by atoms with van der Waals surface area (Å²) in [5.74, 6) is 0. The molecular weight excluding hydrogens is 1190 g/mol. The second-order valence-electron chi connectivity index (χ2n) is 24.5. The van der Waals surface area contributed by atoms with E-state index in [1.807, 2.05) is 36.4 Å². The molecule has 0 fully saturated rings. The van der Waals surface area contributed by atoms with Gasteiger partial charge in [-0.3, -0.25) is 0 Å². The lowest BCUT2D eigenvalue weighted by atomic mass is 9.96. The van der Waals surface area contributed by atoms with Crippen molar-refractivity contribution >= 4 is 93.9 Å². The third-order valence-corrected chi connectivity index (χ3v) is 18.3. The lowest BCUT2D eigenvalue weighted by molar-refractivity contribution is 0.668. The van der Waals surface area contributed by atoms with Crippen LogP contribution in [0.3, 0.4) is 0 Å². The van der Waals surface area contributed by atoms with Gasteiger partial charge in [0.1, 0.15) is 22.3 Å². The quantitative estimate of drug-likeness (QED) is 0.140. The van der Waals surface area contributed by atoms with E-state index in [4.69, 9.17) is 8.83 Å². The van der Waals surface area contributed by atoms with E-state index in [-0.39, 0.29) is 7.43 Å². The molecule has 16 aromatic carbocycles. The summed E-state index contributed by atoms with van der Waals surface area (Å²) in [6, 6.07) is 133. The highest BCUT2D eigenvalue weighted by Crippen LogP contribution is 2.46. The van der Waals surface area contributed by atoms with Crippen LogP contribution in [0.5, 0.6) is 0 Å². The number of fused-ring (bicyclic) bond motifs is 8. The van der Waals surface area contributed by atoms with Crippen LogP contribution >= 0.6 is 0 Å². The van der Waals surface area contributed by atoms with Crippen LogP contribution in [0.2, 0.25) is 0 Å². The van der Waals surface area contributed by atoms with Crippen LogP contribution in [0, 0.1) is 6.92 Å². The van der Waals surface area contributed by atoms with Gasteiger partial charge in [0.15, 0.2) is 0 Å². The number of aryl methyl sites for hydroxylation is 1. The number of para-hydroxylation sites is 2. The predicted molar refractivity (Wildman–Crippen MR) is 417 cm³/mol. The first-order valence-electron chi connectivity index (χ1n) is 33.0. The molecule has 0 aliphatic heterocycles. The summed E-state index contributed by atoms with van der Waals surface area (Å²) in [5, 5.41) is 13.0. The van der Waals surface area contributed by atoms with Gasteiger partial charge in [-0.15, -0.1) is 0 Å². The van der Waals surface area contributed by atoms with Crippen molar-refractivity contribution in [1.82, 2.24) is 0 Å². The zero-order valence-electron chi connectivity index (χ0n) is 53.6. The molecule has 0 saturated heterocycles. The van der Waals surface area contributed by atoms with Crippen molar-refractivity contribution in [3.05, 3.63) is 382 Å². The number of hydrogen-bond acceptors (Lipinski definition) is 4. The van der Waals surface area contributed by atoms with E-state index in [9.17, 15) is 0 Å². The molecule has 2 heterocycles. The van der Waals surface area contributed by atoms with Crippen LogP contribution in [0.15, 0.2) is 385 Å². The first-order valence-corrected chi connectivity index (χ1v) is 33.0. The number of nitrogens with zero attached hydrogens (tertiary/aromatic N) is 1. The molecule has 0 amide bonds. The first-order chi connectivity index (χ1) is 48.0. The van der Waals surface area contributed by atoms with Gasteiger partial charge in [-0.25, -0.2) is 0 Å². The number of benzene rings is 16. The third kappa shape index (κ3) is 12.9. The number of hydrogen-bond donors (Lipinski definition) is 1. The van der Waals surface area contributed by atoms with Gasteiger partial charge in [0.05, 0.1) is 5.69 Å². The Hall–Kier alpha value is -12.8. The second kappa shape index (κ2) is 27.7. The first kappa shape index (κ1) is 61.4. The highest BCUT2D eigenvalue weighted by molar-refractivity contribution is 6.10. The number of anilines is 5. The summed E-state index contributed by atoms with van der Waals surface area (Å²) < 4.78 is 12.5. The minimum absolute atomic E-state index is 0. The lowest BCUT2D eigenvalue weighted by Gasteiger charge is -2.28. The maximum Gasteiger partial charge on any atom is 0.137 e. The monoisotopic (exact) mass is 1260 g/mol. The number of nitrogens with one attached hydrogen (secondary N) is 1. The normalized spacial score (nSPS) is 11.0. The molecule has 468 valence electrons. The van der Waals surface area contributed by atoms with Crippen molar-refractivity contribution in [1.29, 1.82) is 0 Å². The average molecular weight is 1260 g/mol. The Morgan fingerprint density at radius 1 is 0.235 bits per heavy atom. The molecule has 0 radical (unpaired) electrons. The van der Waals surface area contributed by atoms with Gasteiger partial charge < -0.3 is 19.1 Å². The Morgan fingerprint density at radius 2 is 0.551 bits per heavy atom. The van der Waals surface area contributed by atoms with E-state index in [0.717, 1.165) is 72.7 Å². The highest BCUT2D eigenvalue weighted by atomic mass is 16.3. The number of furan rings is 2. The lowest BCUT2D eigenvalue weighted by Crippen LogP contribution is -2.11. The molecule has 98 heavy (non-hydrogen) atoms. The Bertz CT molecular complexity index is 5580. The zero-order valence-corrected chi connectivity index (χ0v) is 53.6. The molecule has 1 N–H and O–H groups in total. The van der Waals surface area contributed by atoms with Crippen molar-refractivity contribution in [3.63, 3.8) is 0 Å². The van der Waals surface area contributed by atoms with Crippen LogP contribution in [-0.2, 0) is 0 Å². The standard InChI is InChI=1S/C46H31NO.C24H19N.C23H16O.CH4/c1-3-11-32(12-4-1)35-21-25-39(26-22-35)47(40-27-23-36(24-28-40)33-13-5-2-6-14-33)44-31-46-43(41-17-9-10-18-45(41)48-46)30-42(44)38-20-19-34-15-7-8-16-37(34)29-38;1-3-7-19(8-4-1)21-11-15-23(16-12-21)25-24-17-13-22(14-18-24)20-9-5-2-6-10-20;1-15-12-23-21(19-8-4-5-9-22(19)24-23)14-20(15)18-11-10-16-6-2-3-7-17(16)13-18;/h1-31H;1-18,25H;2-14H,1H3;1H4. The average Bonchev–Trinajstić information content (AvgIpc) is 1.49. The van der Waals surface area contributed by atoms with Crippen molar-refractivity contribution in [2.24, 2.45) is 0 Å². The van der Waals surface area contributed by atoms with Crippen molar-refractivity contribution in [2.45, 2.75) is 14.4 Å². The largest absolute Gasteiger partial charge is 0.456 e. The van der Waals surface area contributed by atoms with Crippen molar-refractivity contribution in [3.8, 4) is 66.8 Å². The SMILES string of the molecule is C.Cc1cc2oc3ccccc3c2cc1-c1ccc2ccccc2c1.c1ccc(-c2ccc(N(c3ccc(-c4ccccc4)cc3)c3cc4oc5ccccc5c4cc3-c3ccc4ccccc4c3)cc2)cc1.c1ccc(-c2ccc(Nc3ccc(-c4ccccc4)cc3)cc2)cc1. The Labute approximate surface area is 572 Å². The summed E-state index contributed by atoms with van der Waals surface area (Å²) in [4.78, 5) is 2.36. The van der Waals surface area contributed by atoms with E-state index in [1.165, 1.54) is 93.5 Å². The van der Waals surface area contributed by atoms with Gasteiger partial charge in [-0.1, -0.05) is 286 Å². The van der Waals surface area contributed by atoms with Crippen LogP contribution < -0.4 is 10.2 Å². The molecule has 0 bridgehead atoms. The van der Waals surface area contributed by atoms with Crippen LogP contribution in [-0.4, -0.2) is 0 Å². The summed E-state index contributed by atoms with van der Waals surface area (Å²) >= 11 is 0. The van der Waals surface area contributed by atoms with Gasteiger partial charge in [-0.2, -0.15) is 0 Å². The molecule has 18 rings (SSSR count). The maximum absolute atomic E-state index is 6.50. The molecule has 18 aromatic rings. The summed E-state index contributed by atoms with van der Waals surface area (Å²) in [5.41, 5.74) is 24.8. The molecule has 0 saturated carbocycles. The Morgan fingerprint density at radius 3 is 0.969 bits per heavy atom. The van der Waals surface area contributed by atoms with E-state index in [2.05, 4.69) is 357 Å². The smallest absolute Gasteiger partial charge is 0.137 e. The van der Waals surface area contributed by atoms with E-state index >= 15 is 0 Å². The molecule has 0 aliphatic carbocycles. The number of rotatable bonds is 11. The maximum atomic E-state index is 6.50. The zero-order chi connectivity index (χ0) is 64.9. The van der Waals surface area contributed by atoms with Crippen molar-refractivity contribution < 1.29 is 8.83 Å². The van der Waals surface area contributed by atoms with E-state index in [1.54, 1.807) is 0 Å². The molecule has 0 unspecified atom stereocenters. The van der Waals surface area contributed by atoms with Crippen LogP contribution in [0.1, 0.15) is 13.0 Å². The molecule has 4 heteroatoms. The molecule has 0 aliphatic rings. The summed E-state index contributed by atoms with van der Waals surface area (Å²) in [6.07, 6.45) is 0. The minimum Gasteiger partial charge on any atom is -0.456 e. The molecule has 2 aromatic heterocycles. The summed E-state index contributed by atoms with van der Waals surface area (Å²) in [6.45, 7) is 2.15. The fourth-order valence-corrected chi connectivity index (χ4v) is 13.3. The Balaban J connectivity index is 0.000000132. The van der Waals surface area contributed by atoms with Crippen LogP contribution in [0.25, 0.3) is 132 Å². The van der Waals surface area contributed by atoms with Gasteiger partial charge in [0.25, 0.3) is 0 Å². The van der Waals surface area contributed by atoms with Gasteiger partial charge in [0.2, 0.25) is 0 Å². The van der Waals surface area contributed by atoms with E-state index in [0.29, 0.717) is 0 Å². The Kier molecular flexibility index (Phi) is 17.3. The predicted octanol–water partition coefficient (Wildman–Crippen LogP) is 27.3. The second-order valence-corrected chi connectivity index (χ2v) is 24.5. The molecule has 4 nitrogen and oxygen atoms in total. The van der Waals surface area contributed by atoms with Gasteiger partial charge in [-0.05, 0) is 186 Å². The molecular formula is C94H70N2O2. The van der Waals surface area contributed by atoms with Gasteiger partial charge >= 0.3 is 0 Å². The summed E-state index contributed by atoms with van der Waals surface area (Å²) in [7, 11) is 0. The third-order valence-electron chi connectivity index (χ3n) is 18.3. The minimum atomic E-state index is 0. The van der Waals surface area contributed by atoms with Crippen LogP contribution in [0.4, 0.5) is 28.4 Å². The molecule has 0 atom stereocenters. The fraction of sp³-hybridized carbons (Fsp3) is 0.0213. The molecule has 0 spiro atoms. The highest BCUT2D eigenvalue weighted by Gasteiger charge is 2.22. The van der Waals surface area contributed by atoms with Gasteiger partial charge in [0, 0.05) is 55.9 Å². The fourth-order valence-electron chi connectivity index (χ4n) is 13.3. The topological polar surface area (TPSA) is 41.6 Å².